The maximum Gasteiger partial charge on any atom is 0.277 e. The van der Waals surface area contributed by atoms with Crippen LogP contribution in [0.5, 0.6) is 5.75 Å². The average molecular weight is 458 g/mol. The van der Waals surface area contributed by atoms with E-state index < -0.39 is 0 Å². The van der Waals surface area contributed by atoms with Gasteiger partial charge in [0, 0.05) is 11.5 Å². The number of fused-ring (bicyclic) bond motifs is 1. The molecular formula is C26H27N5O3. The van der Waals surface area contributed by atoms with Gasteiger partial charge in [-0.25, -0.2) is 9.50 Å². The van der Waals surface area contributed by atoms with Crippen LogP contribution in [0.3, 0.4) is 0 Å². The molecule has 0 spiro atoms. The Morgan fingerprint density at radius 1 is 1.18 bits per heavy atom. The summed E-state index contributed by atoms with van der Waals surface area (Å²) in [5.41, 5.74) is 4.78. The zero-order valence-electron chi connectivity index (χ0n) is 19.1. The van der Waals surface area contributed by atoms with Crippen LogP contribution < -0.4 is 15.4 Å². The number of anilines is 1. The fourth-order valence-electron chi connectivity index (χ4n) is 4.39. The van der Waals surface area contributed by atoms with Crippen molar-refractivity contribution in [2.24, 2.45) is 0 Å². The van der Waals surface area contributed by atoms with E-state index in [1.165, 1.54) is 6.26 Å². The zero-order valence-corrected chi connectivity index (χ0v) is 19.1. The van der Waals surface area contributed by atoms with E-state index in [9.17, 15) is 4.79 Å². The molecule has 0 unspecified atom stereocenters. The van der Waals surface area contributed by atoms with Crippen molar-refractivity contribution in [2.75, 3.05) is 18.4 Å². The first-order valence-corrected chi connectivity index (χ1v) is 11.9. The average Bonchev–Trinajstić information content (AvgIpc) is 3.35. The number of carbonyl (C=O) groups excluding carboxylic acids is 1. The maximum absolute atomic E-state index is 13.0. The Kier molecular flexibility index (Phi) is 5.30. The number of hydrogen-bond acceptors (Lipinski definition) is 6. The van der Waals surface area contributed by atoms with Gasteiger partial charge in [0.2, 0.25) is 5.89 Å². The van der Waals surface area contributed by atoms with Crippen LogP contribution >= 0.6 is 0 Å². The molecule has 6 rings (SSSR count). The van der Waals surface area contributed by atoms with E-state index in [0.717, 1.165) is 61.1 Å². The number of amides is 1. The van der Waals surface area contributed by atoms with Crippen LogP contribution in [0.25, 0.3) is 17.0 Å². The molecule has 1 aromatic carbocycles. The van der Waals surface area contributed by atoms with Crippen molar-refractivity contribution >= 4 is 17.1 Å². The van der Waals surface area contributed by atoms with Gasteiger partial charge >= 0.3 is 0 Å². The highest BCUT2D eigenvalue weighted by Crippen LogP contribution is 2.34. The normalized spacial score (nSPS) is 16.6. The zero-order chi connectivity index (χ0) is 23.1. The fraction of sp³-hybridized carbons (Fsp3) is 0.346. The van der Waals surface area contributed by atoms with Crippen LogP contribution in [0.1, 0.15) is 53.3 Å². The van der Waals surface area contributed by atoms with E-state index in [1.807, 2.05) is 48.0 Å². The van der Waals surface area contributed by atoms with Crippen LogP contribution in [-0.4, -0.2) is 39.7 Å². The smallest absolute Gasteiger partial charge is 0.277 e. The predicted octanol–water partition coefficient (Wildman–Crippen LogP) is 4.56. The number of rotatable bonds is 6. The number of aryl methyl sites for hydroxylation is 1. The first-order valence-electron chi connectivity index (χ1n) is 11.9. The summed E-state index contributed by atoms with van der Waals surface area (Å²) in [6.07, 6.45) is 7.65. The monoisotopic (exact) mass is 457 g/mol. The van der Waals surface area contributed by atoms with Crippen LogP contribution in [0, 0.1) is 6.92 Å². The molecule has 2 aliphatic rings. The van der Waals surface area contributed by atoms with Crippen molar-refractivity contribution in [1.29, 1.82) is 0 Å². The Morgan fingerprint density at radius 3 is 2.82 bits per heavy atom. The number of ether oxygens (including phenoxy) is 1. The minimum atomic E-state index is -0.342. The third kappa shape index (κ3) is 4.28. The molecule has 1 saturated carbocycles. The lowest BCUT2D eigenvalue weighted by Crippen LogP contribution is -2.26. The predicted molar refractivity (Wildman–Crippen MR) is 128 cm³/mol. The second kappa shape index (κ2) is 8.61. The number of aromatic nitrogens is 3. The van der Waals surface area contributed by atoms with Gasteiger partial charge in [-0.3, -0.25) is 4.79 Å². The van der Waals surface area contributed by atoms with Crippen molar-refractivity contribution in [3.63, 3.8) is 0 Å². The summed E-state index contributed by atoms with van der Waals surface area (Å²) in [6.45, 7) is 4.03. The van der Waals surface area contributed by atoms with Gasteiger partial charge in [0.05, 0.1) is 29.2 Å². The Hall–Kier alpha value is -3.65. The van der Waals surface area contributed by atoms with Crippen molar-refractivity contribution < 1.29 is 13.9 Å². The first kappa shape index (κ1) is 20.9. The number of pyridine rings is 1. The number of nitrogens with zero attached hydrogens (tertiary/aromatic N) is 3. The molecule has 1 saturated heterocycles. The van der Waals surface area contributed by atoms with E-state index in [0.29, 0.717) is 23.2 Å². The van der Waals surface area contributed by atoms with Gasteiger partial charge < -0.3 is 19.8 Å². The summed E-state index contributed by atoms with van der Waals surface area (Å²) < 4.78 is 13.6. The van der Waals surface area contributed by atoms with Crippen LogP contribution in [0.15, 0.2) is 53.3 Å². The minimum Gasteiger partial charge on any atom is -0.487 e. The fourth-order valence-corrected chi connectivity index (χ4v) is 4.39. The van der Waals surface area contributed by atoms with Crippen molar-refractivity contribution in [3.05, 3.63) is 65.8 Å². The summed E-state index contributed by atoms with van der Waals surface area (Å²) >= 11 is 0. The Morgan fingerprint density at radius 2 is 2.03 bits per heavy atom. The summed E-state index contributed by atoms with van der Waals surface area (Å²) in [5, 5.41) is 11.2. The number of nitrogens with one attached hydrogen (secondary N) is 2. The number of benzene rings is 1. The molecule has 4 heterocycles. The van der Waals surface area contributed by atoms with E-state index in [-0.39, 0.29) is 17.7 Å². The van der Waals surface area contributed by atoms with Crippen molar-refractivity contribution in [2.45, 2.75) is 44.6 Å². The SMILES string of the molecule is Cc1cccc(-c2nc(C(=O)Nc3cc4cc(C5CCNCC5)nn4cc3OC3CC3)co2)c1. The first-order chi connectivity index (χ1) is 16.6. The van der Waals surface area contributed by atoms with Crippen molar-refractivity contribution in [1.82, 2.24) is 19.9 Å². The third-order valence-electron chi connectivity index (χ3n) is 6.41. The quantitative estimate of drug-likeness (QED) is 0.441. The molecule has 4 aromatic rings. The molecule has 2 N–H and O–H groups in total. The van der Waals surface area contributed by atoms with Gasteiger partial charge in [-0.05, 0) is 70.0 Å². The van der Waals surface area contributed by atoms with Crippen LogP contribution in [0.2, 0.25) is 0 Å². The lowest BCUT2D eigenvalue weighted by atomic mass is 9.95. The number of carbonyl (C=O) groups is 1. The number of piperidine rings is 1. The van der Waals surface area contributed by atoms with Gasteiger partial charge in [0.25, 0.3) is 5.91 Å². The molecule has 3 aromatic heterocycles. The van der Waals surface area contributed by atoms with Crippen LogP contribution in [0.4, 0.5) is 5.69 Å². The topological polar surface area (TPSA) is 93.7 Å². The van der Waals surface area contributed by atoms with E-state index in [2.05, 4.69) is 21.7 Å². The molecule has 1 aliphatic heterocycles. The molecule has 0 atom stereocenters. The Bertz CT molecular complexity index is 1350. The number of hydrogen-bond donors (Lipinski definition) is 2. The minimum absolute atomic E-state index is 0.188. The third-order valence-corrected chi connectivity index (χ3v) is 6.41. The van der Waals surface area contributed by atoms with Gasteiger partial charge in [-0.1, -0.05) is 17.7 Å². The molecule has 8 nitrogen and oxygen atoms in total. The molecule has 8 heteroatoms. The lowest BCUT2D eigenvalue weighted by molar-refractivity contribution is 0.102. The van der Waals surface area contributed by atoms with E-state index in [4.69, 9.17) is 14.3 Å². The second-order valence-electron chi connectivity index (χ2n) is 9.19. The van der Waals surface area contributed by atoms with Gasteiger partial charge in [0.15, 0.2) is 11.4 Å². The Labute approximate surface area is 197 Å². The van der Waals surface area contributed by atoms with Crippen molar-refractivity contribution in [3.8, 4) is 17.2 Å². The summed E-state index contributed by atoms with van der Waals surface area (Å²) in [6, 6.07) is 11.9. The number of oxazole rings is 1. The van der Waals surface area contributed by atoms with E-state index in [1.54, 1.807) is 0 Å². The van der Waals surface area contributed by atoms with E-state index >= 15 is 0 Å². The molecule has 174 valence electrons. The van der Waals surface area contributed by atoms with Gasteiger partial charge in [0.1, 0.15) is 6.26 Å². The Balaban J connectivity index is 1.28. The highest BCUT2D eigenvalue weighted by molar-refractivity contribution is 6.04. The molecule has 34 heavy (non-hydrogen) atoms. The highest BCUT2D eigenvalue weighted by atomic mass is 16.5. The largest absolute Gasteiger partial charge is 0.487 e. The molecule has 0 bridgehead atoms. The summed E-state index contributed by atoms with van der Waals surface area (Å²) in [4.78, 5) is 17.5. The second-order valence-corrected chi connectivity index (χ2v) is 9.19. The van der Waals surface area contributed by atoms with Crippen LogP contribution in [-0.2, 0) is 0 Å². The molecule has 0 radical (unpaired) electrons. The summed E-state index contributed by atoms with van der Waals surface area (Å²) in [7, 11) is 0. The molecule has 2 fully saturated rings. The summed E-state index contributed by atoms with van der Waals surface area (Å²) in [5.74, 6) is 1.14. The highest BCUT2D eigenvalue weighted by Gasteiger charge is 2.26. The maximum atomic E-state index is 13.0. The lowest BCUT2D eigenvalue weighted by Gasteiger charge is -2.20. The molecule has 1 aliphatic carbocycles. The standard InChI is InChI=1S/C26H27N5O3/c1-16-3-2-4-18(11-16)26-29-23(15-33-26)25(32)28-22-13-19-12-21(17-7-9-27-10-8-17)30-31(19)14-24(22)34-20-5-6-20/h2-4,11-15,17,20,27H,5-10H2,1H3,(H,28,32). The molecular weight excluding hydrogens is 430 g/mol. The van der Waals surface area contributed by atoms with Gasteiger partial charge in [-0.2, -0.15) is 5.10 Å². The molecule has 1 amide bonds. The van der Waals surface area contributed by atoms with Gasteiger partial charge in [-0.15, -0.1) is 0 Å².